The third kappa shape index (κ3) is 1.84. The van der Waals surface area contributed by atoms with Crippen LogP contribution in [0.2, 0.25) is 0 Å². The molecule has 3 rings (SSSR count). The summed E-state index contributed by atoms with van der Waals surface area (Å²) in [4.78, 5) is 0. The lowest BCUT2D eigenvalue weighted by Crippen LogP contribution is -2.32. The topological polar surface area (TPSA) is 58.2 Å². The molecule has 0 aromatic carbocycles. The van der Waals surface area contributed by atoms with Gasteiger partial charge >= 0.3 is 0 Å². The Balaban J connectivity index is 1.75. The molecule has 16 heavy (non-hydrogen) atoms. The molecule has 2 unspecified atom stereocenters. The van der Waals surface area contributed by atoms with E-state index in [2.05, 4.69) is 26.0 Å². The highest BCUT2D eigenvalue weighted by Crippen LogP contribution is 2.42. The van der Waals surface area contributed by atoms with Crippen molar-refractivity contribution in [3.8, 4) is 0 Å². The molecule has 0 radical (unpaired) electrons. The Bertz CT molecular complexity index is 503. The summed E-state index contributed by atoms with van der Waals surface area (Å²) in [5, 5.41) is 3.24. The van der Waals surface area contributed by atoms with Crippen LogP contribution in [0.3, 0.4) is 0 Å². The van der Waals surface area contributed by atoms with Crippen LogP contribution < -0.4 is 10.0 Å². The molecule has 1 aromatic rings. The van der Waals surface area contributed by atoms with E-state index in [4.69, 9.17) is 0 Å². The number of nitrogens with one attached hydrogen (secondary N) is 2. The fourth-order valence-electron chi connectivity index (χ4n) is 2.27. The van der Waals surface area contributed by atoms with Crippen LogP contribution in [0.5, 0.6) is 0 Å². The minimum Gasteiger partial charge on any atom is -0.316 e. The Kier molecular flexibility index (Phi) is 2.63. The molecule has 2 fully saturated rings. The molecule has 0 bridgehead atoms. The van der Waals surface area contributed by atoms with Gasteiger partial charge in [0, 0.05) is 6.04 Å². The van der Waals surface area contributed by atoms with Gasteiger partial charge in [-0.05, 0) is 53.0 Å². The van der Waals surface area contributed by atoms with E-state index in [1.807, 2.05) is 0 Å². The highest BCUT2D eigenvalue weighted by atomic mass is 79.9. The van der Waals surface area contributed by atoms with Gasteiger partial charge in [-0.2, -0.15) is 0 Å². The number of rotatable bonds is 3. The quantitative estimate of drug-likeness (QED) is 0.873. The van der Waals surface area contributed by atoms with E-state index in [0.717, 1.165) is 16.9 Å². The van der Waals surface area contributed by atoms with Crippen LogP contribution in [0, 0.1) is 11.8 Å². The van der Waals surface area contributed by atoms with Gasteiger partial charge < -0.3 is 5.32 Å². The van der Waals surface area contributed by atoms with E-state index in [-0.39, 0.29) is 6.04 Å². The molecule has 4 nitrogen and oxygen atoms in total. The first kappa shape index (κ1) is 11.2. The predicted molar refractivity (Wildman–Crippen MR) is 66.0 cm³/mol. The smallest absolute Gasteiger partial charge is 0.250 e. The van der Waals surface area contributed by atoms with Crippen LogP contribution in [-0.4, -0.2) is 27.5 Å². The average molecular weight is 323 g/mol. The third-order valence-corrected chi connectivity index (χ3v) is 6.77. The van der Waals surface area contributed by atoms with Crippen molar-refractivity contribution < 1.29 is 8.42 Å². The maximum atomic E-state index is 12.0. The van der Waals surface area contributed by atoms with E-state index in [1.165, 1.54) is 11.3 Å². The zero-order valence-electron chi connectivity index (χ0n) is 8.31. The number of thiophene rings is 1. The van der Waals surface area contributed by atoms with Gasteiger partial charge in [-0.1, -0.05) is 0 Å². The summed E-state index contributed by atoms with van der Waals surface area (Å²) in [6, 6.07) is 3.54. The fourth-order valence-corrected chi connectivity index (χ4v) is 5.64. The Morgan fingerprint density at radius 2 is 2.06 bits per heavy atom. The van der Waals surface area contributed by atoms with Gasteiger partial charge in [-0.15, -0.1) is 11.3 Å². The Hall–Kier alpha value is 0.0500. The summed E-state index contributed by atoms with van der Waals surface area (Å²) >= 11 is 4.51. The lowest BCUT2D eigenvalue weighted by molar-refractivity contribution is 0.567. The highest BCUT2D eigenvalue weighted by Gasteiger charge is 2.54. The molecular weight excluding hydrogens is 312 g/mol. The van der Waals surface area contributed by atoms with Crippen molar-refractivity contribution in [2.45, 2.75) is 10.3 Å². The summed E-state index contributed by atoms with van der Waals surface area (Å²) in [7, 11) is -3.31. The molecule has 88 valence electrons. The Morgan fingerprint density at radius 1 is 1.38 bits per heavy atom. The van der Waals surface area contributed by atoms with Crippen molar-refractivity contribution >= 4 is 37.3 Å². The second-order valence-corrected chi connectivity index (χ2v) is 8.60. The zero-order valence-corrected chi connectivity index (χ0v) is 11.5. The molecule has 1 aliphatic heterocycles. The lowest BCUT2D eigenvalue weighted by atomic mass is 10.4. The number of piperidine rings is 1. The number of hydrogen-bond donors (Lipinski definition) is 2. The summed E-state index contributed by atoms with van der Waals surface area (Å²) in [5.74, 6) is 0.997. The van der Waals surface area contributed by atoms with Crippen LogP contribution in [0.1, 0.15) is 0 Å². The second kappa shape index (κ2) is 3.78. The van der Waals surface area contributed by atoms with Crippen molar-refractivity contribution in [3.63, 3.8) is 0 Å². The molecule has 1 saturated carbocycles. The van der Waals surface area contributed by atoms with E-state index in [1.54, 1.807) is 12.1 Å². The molecule has 2 aliphatic rings. The van der Waals surface area contributed by atoms with Gasteiger partial charge in [-0.25, -0.2) is 13.1 Å². The van der Waals surface area contributed by atoms with Crippen LogP contribution in [0.25, 0.3) is 0 Å². The molecule has 2 N–H and O–H groups in total. The SMILES string of the molecule is O=S(=O)(NC1C2CNCC21)c1ccc(Br)s1. The van der Waals surface area contributed by atoms with Crippen molar-refractivity contribution in [2.24, 2.45) is 11.8 Å². The maximum absolute atomic E-state index is 12.0. The normalized spacial score (nSPS) is 32.7. The van der Waals surface area contributed by atoms with E-state index < -0.39 is 10.0 Å². The minimum atomic E-state index is -3.31. The second-order valence-electron chi connectivity index (χ2n) is 4.19. The molecule has 1 aliphatic carbocycles. The first-order valence-corrected chi connectivity index (χ1v) is 8.15. The minimum absolute atomic E-state index is 0.145. The first-order valence-electron chi connectivity index (χ1n) is 5.06. The monoisotopic (exact) mass is 322 g/mol. The first-order chi connectivity index (χ1) is 7.58. The van der Waals surface area contributed by atoms with Gasteiger partial charge in [0.25, 0.3) is 0 Å². The van der Waals surface area contributed by atoms with Crippen molar-refractivity contribution in [1.82, 2.24) is 10.0 Å². The predicted octanol–water partition coefficient (Wildman–Crippen LogP) is 1.01. The van der Waals surface area contributed by atoms with Gasteiger partial charge in [0.15, 0.2) is 0 Å². The Labute approximate surface area is 107 Å². The van der Waals surface area contributed by atoms with Gasteiger partial charge in [0.05, 0.1) is 3.79 Å². The molecule has 0 amide bonds. The molecule has 0 spiro atoms. The van der Waals surface area contributed by atoms with Gasteiger partial charge in [0.2, 0.25) is 10.0 Å². The summed E-state index contributed by atoms with van der Waals surface area (Å²) in [6.45, 7) is 1.87. The van der Waals surface area contributed by atoms with Crippen LogP contribution in [-0.2, 0) is 10.0 Å². The van der Waals surface area contributed by atoms with Crippen molar-refractivity contribution in [2.75, 3.05) is 13.1 Å². The fraction of sp³-hybridized carbons (Fsp3) is 0.556. The maximum Gasteiger partial charge on any atom is 0.250 e. The van der Waals surface area contributed by atoms with Crippen LogP contribution in [0.4, 0.5) is 0 Å². The zero-order chi connectivity index (χ0) is 11.3. The van der Waals surface area contributed by atoms with Crippen LogP contribution >= 0.6 is 27.3 Å². The summed E-state index contributed by atoms with van der Waals surface area (Å²) in [6.07, 6.45) is 0. The molecule has 2 heterocycles. The molecule has 1 saturated heterocycles. The average Bonchev–Trinajstić information content (AvgIpc) is 2.68. The lowest BCUT2D eigenvalue weighted by Gasteiger charge is -2.06. The molecule has 7 heteroatoms. The van der Waals surface area contributed by atoms with E-state index in [9.17, 15) is 8.42 Å². The van der Waals surface area contributed by atoms with Gasteiger partial charge in [-0.3, -0.25) is 0 Å². The largest absolute Gasteiger partial charge is 0.316 e. The highest BCUT2D eigenvalue weighted by molar-refractivity contribution is 9.11. The summed E-state index contributed by atoms with van der Waals surface area (Å²) < 4.78 is 28.0. The molecule has 2 atom stereocenters. The van der Waals surface area contributed by atoms with Crippen molar-refractivity contribution in [3.05, 3.63) is 15.9 Å². The number of fused-ring (bicyclic) bond motifs is 1. The van der Waals surface area contributed by atoms with E-state index in [0.29, 0.717) is 16.0 Å². The van der Waals surface area contributed by atoms with E-state index >= 15 is 0 Å². The standard InChI is InChI=1S/C9H11BrN2O2S2/c10-7-1-2-8(15-7)16(13,14)12-9-5-3-11-4-6(5)9/h1-2,5-6,9,11-12H,3-4H2. The third-order valence-electron chi connectivity index (χ3n) is 3.20. The molecule has 1 aromatic heterocycles. The number of hydrogen-bond acceptors (Lipinski definition) is 4. The van der Waals surface area contributed by atoms with Crippen LogP contribution in [0.15, 0.2) is 20.1 Å². The summed E-state index contributed by atoms with van der Waals surface area (Å²) in [5.41, 5.74) is 0. The van der Waals surface area contributed by atoms with Crippen molar-refractivity contribution in [1.29, 1.82) is 0 Å². The number of halogens is 1. The Morgan fingerprint density at radius 3 is 2.62 bits per heavy atom. The number of sulfonamides is 1. The molecular formula is C9H11BrN2O2S2. The van der Waals surface area contributed by atoms with Gasteiger partial charge in [0.1, 0.15) is 4.21 Å².